The zero-order valence-electron chi connectivity index (χ0n) is 20.2. The fourth-order valence-corrected chi connectivity index (χ4v) is 5.45. The van der Waals surface area contributed by atoms with Gasteiger partial charge in [0.2, 0.25) is 5.91 Å². The monoisotopic (exact) mass is 478 g/mol. The Hall–Kier alpha value is -3.35. The van der Waals surface area contributed by atoms with E-state index >= 15 is 0 Å². The van der Waals surface area contributed by atoms with Gasteiger partial charge in [0.05, 0.1) is 6.42 Å². The number of nitrogens with one attached hydrogen (secondary N) is 1. The molecule has 0 aromatic heterocycles. The van der Waals surface area contributed by atoms with Crippen LogP contribution < -0.4 is 5.32 Å². The molecular weight excluding hydrogens is 444 g/mol. The lowest BCUT2D eigenvalue weighted by molar-refractivity contribution is -0.142. The quantitative estimate of drug-likeness (QED) is 0.532. The highest BCUT2D eigenvalue weighted by molar-refractivity contribution is 5.80. The predicted octanol–water partition coefficient (Wildman–Crippen LogP) is 4.94. The molecule has 2 aromatic carbocycles. The van der Waals surface area contributed by atoms with E-state index in [-0.39, 0.29) is 43.4 Å². The Bertz CT molecular complexity index is 1020. The zero-order chi connectivity index (χ0) is 24.8. The minimum Gasteiger partial charge on any atom is -0.481 e. The number of likely N-dealkylation sites (tertiary alicyclic amines) is 1. The van der Waals surface area contributed by atoms with Gasteiger partial charge in [-0.3, -0.25) is 9.59 Å². The maximum Gasteiger partial charge on any atom is 0.407 e. The Kier molecular flexibility index (Phi) is 8.06. The van der Waals surface area contributed by atoms with Crippen LogP contribution in [0.25, 0.3) is 11.1 Å². The van der Waals surface area contributed by atoms with E-state index < -0.39 is 12.1 Å². The molecule has 2 atom stereocenters. The number of hydrogen-bond donors (Lipinski definition) is 2. The predicted molar refractivity (Wildman–Crippen MR) is 133 cm³/mol. The molecule has 0 radical (unpaired) electrons. The SMILES string of the molecule is CCCC(CC(=O)N1CCCCC1CC(=O)O)NC(=O)OCC1c2ccccc2-c2ccccc21. The highest BCUT2D eigenvalue weighted by atomic mass is 16.5. The van der Waals surface area contributed by atoms with E-state index in [1.54, 1.807) is 4.90 Å². The second-order valence-corrected chi connectivity index (χ2v) is 9.49. The number of fused-ring (bicyclic) bond motifs is 3. The first-order chi connectivity index (χ1) is 17.0. The second kappa shape index (κ2) is 11.4. The van der Waals surface area contributed by atoms with Gasteiger partial charge in [-0.05, 0) is 47.9 Å². The number of hydrogen-bond acceptors (Lipinski definition) is 4. The van der Waals surface area contributed by atoms with Crippen LogP contribution in [0.3, 0.4) is 0 Å². The van der Waals surface area contributed by atoms with Crippen molar-refractivity contribution in [2.24, 2.45) is 0 Å². The molecule has 2 unspecified atom stereocenters. The molecular formula is C28H34N2O5. The summed E-state index contributed by atoms with van der Waals surface area (Å²) in [6.07, 6.45) is 3.54. The van der Waals surface area contributed by atoms with Crippen LogP contribution in [-0.4, -0.2) is 53.2 Å². The molecule has 2 amide bonds. The third kappa shape index (κ3) is 5.84. The summed E-state index contributed by atoms with van der Waals surface area (Å²) in [6, 6.07) is 15.7. The number of benzene rings is 2. The first-order valence-electron chi connectivity index (χ1n) is 12.6. The molecule has 186 valence electrons. The molecule has 7 nitrogen and oxygen atoms in total. The molecule has 2 aromatic rings. The van der Waals surface area contributed by atoms with Gasteiger partial charge in [-0.15, -0.1) is 0 Å². The molecule has 35 heavy (non-hydrogen) atoms. The van der Waals surface area contributed by atoms with Gasteiger partial charge in [0.1, 0.15) is 6.61 Å². The summed E-state index contributed by atoms with van der Waals surface area (Å²) < 4.78 is 5.66. The van der Waals surface area contributed by atoms with Gasteiger partial charge in [-0.1, -0.05) is 61.9 Å². The smallest absolute Gasteiger partial charge is 0.407 e. The van der Waals surface area contributed by atoms with E-state index in [1.165, 1.54) is 11.1 Å². The molecule has 1 heterocycles. The molecule has 1 fully saturated rings. The van der Waals surface area contributed by atoms with E-state index in [1.807, 2.05) is 31.2 Å². The van der Waals surface area contributed by atoms with Gasteiger partial charge in [-0.25, -0.2) is 4.79 Å². The summed E-state index contributed by atoms with van der Waals surface area (Å²) in [4.78, 5) is 38.7. The number of alkyl carbamates (subject to hydrolysis) is 1. The molecule has 0 spiro atoms. The Morgan fingerprint density at radius 2 is 1.71 bits per heavy atom. The molecule has 4 rings (SSSR count). The Morgan fingerprint density at radius 3 is 2.34 bits per heavy atom. The standard InChI is InChI=1S/C28H34N2O5/c1-2-9-19(16-26(31)30-15-8-7-10-20(30)17-27(32)33)29-28(34)35-18-25-23-13-5-3-11-21(23)22-12-4-6-14-24(22)25/h3-6,11-14,19-20,25H,2,7-10,15-18H2,1H3,(H,29,34)(H,32,33). The van der Waals surface area contributed by atoms with Crippen molar-refractivity contribution < 1.29 is 24.2 Å². The summed E-state index contributed by atoms with van der Waals surface area (Å²) in [5.74, 6) is -1.02. The number of carboxylic acid groups (broad SMARTS) is 1. The van der Waals surface area contributed by atoms with Crippen LogP contribution in [0.2, 0.25) is 0 Å². The summed E-state index contributed by atoms with van der Waals surface area (Å²) >= 11 is 0. The maximum absolute atomic E-state index is 13.0. The number of rotatable bonds is 9. The van der Waals surface area contributed by atoms with Gasteiger partial charge >= 0.3 is 12.1 Å². The number of nitrogens with zero attached hydrogens (tertiary/aromatic N) is 1. The Balaban J connectivity index is 1.36. The highest BCUT2D eigenvalue weighted by Gasteiger charge is 2.31. The molecule has 7 heteroatoms. The molecule has 1 aliphatic heterocycles. The number of ether oxygens (including phenoxy) is 1. The average molecular weight is 479 g/mol. The normalized spacial score (nSPS) is 17.9. The maximum atomic E-state index is 13.0. The van der Waals surface area contributed by atoms with Crippen LogP contribution >= 0.6 is 0 Å². The van der Waals surface area contributed by atoms with Gasteiger partial charge in [-0.2, -0.15) is 0 Å². The van der Waals surface area contributed by atoms with Crippen molar-refractivity contribution in [1.29, 1.82) is 0 Å². The summed E-state index contributed by atoms with van der Waals surface area (Å²) in [5.41, 5.74) is 4.64. The van der Waals surface area contributed by atoms with Crippen molar-refractivity contribution in [3.8, 4) is 11.1 Å². The van der Waals surface area contributed by atoms with Crippen molar-refractivity contribution in [3.05, 3.63) is 59.7 Å². The summed E-state index contributed by atoms with van der Waals surface area (Å²) in [5, 5.41) is 12.1. The summed E-state index contributed by atoms with van der Waals surface area (Å²) in [7, 11) is 0. The van der Waals surface area contributed by atoms with Crippen LogP contribution in [0, 0.1) is 0 Å². The van der Waals surface area contributed by atoms with E-state index in [9.17, 15) is 19.5 Å². The molecule has 0 saturated carbocycles. The van der Waals surface area contributed by atoms with Gasteiger partial charge < -0.3 is 20.1 Å². The van der Waals surface area contributed by atoms with Crippen LogP contribution in [0.5, 0.6) is 0 Å². The number of carbonyl (C=O) groups excluding carboxylic acids is 2. The third-order valence-electron chi connectivity index (χ3n) is 7.08. The van der Waals surface area contributed by atoms with Crippen LogP contribution in [-0.2, 0) is 14.3 Å². The molecule has 2 N–H and O–H groups in total. The summed E-state index contributed by atoms with van der Waals surface area (Å²) in [6.45, 7) is 2.80. The van der Waals surface area contributed by atoms with Crippen molar-refractivity contribution in [3.63, 3.8) is 0 Å². The first kappa shape index (κ1) is 24.8. The second-order valence-electron chi connectivity index (χ2n) is 9.49. The molecule has 2 aliphatic rings. The number of carboxylic acids is 1. The van der Waals surface area contributed by atoms with Crippen molar-refractivity contribution >= 4 is 18.0 Å². The highest BCUT2D eigenvalue weighted by Crippen LogP contribution is 2.44. The van der Waals surface area contributed by atoms with Gasteiger partial charge in [0.15, 0.2) is 0 Å². The van der Waals surface area contributed by atoms with Crippen molar-refractivity contribution in [2.45, 2.75) is 69.9 Å². The fraction of sp³-hybridized carbons (Fsp3) is 0.464. The van der Waals surface area contributed by atoms with E-state index in [0.717, 1.165) is 30.4 Å². The number of aliphatic carboxylic acids is 1. The number of amides is 2. The van der Waals surface area contributed by atoms with Crippen molar-refractivity contribution in [1.82, 2.24) is 10.2 Å². The molecule has 1 aliphatic carbocycles. The number of carbonyl (C=O) groups is 3. The minimum absolute atomic E-state index is 0.0236. The molecule has 0 bridgehead atoms. The topological polar surface area (TPSA) is 95.9 Å². The largest absolute Gasteiger partial charge is 0.481 e. The first-order valence-corrected chi connectivity index (χ1v) is 12.6. The Labute approximate surface area is 206 Å². The van der Waals surface area contributed by atoms with Crippen molar-refractivity contribution in [2.75, 3.05) is 13.2 Å². The van der Waals surface area contributed by atoms with Crippen LogP contribution in [0.1, 0.15) is 68.9 Å². The minimum atomic E-state index is -0.892. The van der Waals surface area contributed by atoms with E-state index in [4.69, 9.17) is 4.74 Å². The van der Waals surface area contributed by atoms with E-state index in [0.29, 0.717) is 19.4 Å². The van der Waals surface area contributed by atoms with Crippen LogP contribution in [0.4, 0.5) is 4.79 Å². The van der Waals surface area contributed by atoms with E-state index in [2.05, 4.69) is 29.6 Å². The lowest BCUT2D eigenvalue weighted by Crippen LogP contribution is -2.47. The van der Waals surface area contributed by atoms with Gasteiger partial charge in [0.25, 0.3) is 0 Å². The van der Waals surface area contributed by atoms with Gasteiger partial charge in [0, 0.05) is 31.0 Å². The zero-order valence-corrected chi connectivity index (χ0v) is 20.2. The molecule has 1 saturated heterocycles. The Morgan fingerprint density at radius 1 is 1.06 bits per heavy atom. The lowest BCUT2D eigenvalue weighted by Gasteiger charge is -2.36. The fourth-order valence-electron chi connectivity index (χ4n) is 5.45. The average Bonchev–Trinajstić information content (AvgIpc) is 3.16. The van der Waals surface area contributed by atoms with Crippen LogP contribution in [0.15, 0.2) is 48.5 Å². The lowest BCUT2D eigenvalue weighted by atomic mass is 9.97. The number of piperidine rings is 1. The third-order valence-corrected chi connectivity index (χ3v) is 7.08.